The minimum atomic E-state index is -0.107. The number of thiophene rings is 1. The summed E-state index contributed by atoms with van der Waals surface area (Å²) in [6, 6.07) is 8.95. The smallest absolute Gasteiger partial charge is 0.321 e. The zero-order chi connectivity index (χ0) is 24.5. The van der Waals surface area contributed by atoms with E-state index < -0.39 is 0 Å². The van der Waals surface area contributed by atoms with Crippen LogP contribution in [-0.4, -0.2) is 47.1 Å². The van der Waals surface area contributed by atoms with Crippen LogP contribution in [0, 0.1) is 17.2 Å². The third kappa shape index (κ3) is 4.70. The standard InChI is InChI=1S/C27H32N6OS/c1-4-18(3)24-30-25(23-21-10-5-17(2)15-22(21)35-26(23)31-24)32-11-13-33(14-12-32)27(34)29-20-8-6-19(16-28)7-9-20/h6-9,17-18H,4-5,10-15H2,1-3H3,(H,29,34)/t17-,18+/m1/s1. The molecule has 2 aromatic heterocycles. The van der Waals surface area contributed by atoms with Crippen molar-refractivity contribution in [1.82, 2.24) is 14.9 Å². The molecule has 1 aliphatic carbocycles. The Hall–Kier alpha value is -3.18. The van der Waals surface area contributed by atoms with Gasteiger partial charge in [0.05, 0.1) is 17.0 Å². The van der Waals surface area contributed by atoms with Gasteiger partial charge in [-0.25, -0.2) is 14.8 Å². The molecule has 2 atom stereocenters. The van der Waals surface area contributed by atoms with Gasteiger partial charge in [0.15, 0.2) is 0 Å². The molecule has 7 nitrogen and oxygen atoms in total. The second kappa shape index (κ2) is 9.82. The Balaban J connectivity index is 1.37. The molecule has 5 rings (SSSR count). The van der Waals surface area contributed by atoms with Crippen LogP contribution in [-0.2, 0) is 12.8 Å². The third-order valence-electron chi connectivity index (χ3n) is 7.34. The quantitative estimate of drug-likeness (QED) is 0.520. The minimum absolute atomic E-state index is 0.107. The number of nitrogens with zero attached hydrogens (tertiary/aromatic N) is 5. The van der Waals surface area contributed by atoms with E-state index in [4.69, 9.17) is 15.2 Å². The predicted molar refractivity (Wildman–Crippen MR) is 141 cm³/mol. The molecule has 0 saturated carbocycles. The van der Waals surface area contributed by atoms with Gasteiger partial charge in [0.1, 0.15) is 16.5 Å². The summed E-state index contributed by atoms with van der Waals surface area (Å²) >= 11 is 1.86. The third-order valence-corrected chi connectivity index (χ3v) is 8.49. The number of carbonyl (C=O) groups is 1. The molecule has 8 heteroatoms. The Morgan fingerprint density at radius 3 is 2.66 bits per heavy atom. The second-order valence-electron chi connectivity index (χ2n) is 9.84. The number of hydrogen-bond donors (Lipinski definition) is 1. The molecular weight excluding hydrogens is 456 g/mol. The van der Waals surface area contributed by atoms with Crippen LogP contribution in [0.4, 0.5) is 16.3 Å². The number of nitrogens with one attached hydrogen (secondary N) is 1. The monoisotopic (exact) mass is 488 g/mol. The molecule has 1 aliphatic heterocycles. The van der Waals surface area contributed by atoms with Crippen molar-refractivity contribution >= 4 is 39.1 Å². The molecular formula is C27H32N6OS. The van der Waals surface area contributed by atoms with Crippen molar-refractivity contribution in [2.45, 2.75) is 52.4 Å². The summed E-state index contributed by atoms with van der Waals surface area (Å²) in [6.07, 6.45) is 4.46. The number of fused-ring (bicyclic) bond motifs is 3. The van der Waals surface area contributed by atoms with Crippen molar-refractivity contribution in [2.24, 2.45) is 5.92 Å². The summed E-state index contributed by atoms with van der Waals surface area (Å²) in [5.41, 5.74) is 2.73. The number of hydrogen-bond acceptors (Lipinski definition) is 6. The zero-order valence-electron chi connectivity index (χ0n) is 20.7. The fraction of sp³-hybridized carbons (Fsp3) is 0.481. The first-order valence-electron chi connectivity index (χ1n) is 12.6. The Kier molecular flexibility index (Phi) is 6.61. The normalized spacial score (nSPS) is 18.7. The molecule has 3 aromatic rings. The van der Waals surface area contributed by atoms with Crippen molar-refractivity contribution in [3.63, 3.8) is 0 Å². The maximum Gasteiger partial charge on any atom is 0.321 e. The van der Waals surface area contributed by atoms with Crippen LogP contribution in [0.15, 0.2) is 24.3 Å². The van der Waals surface area contributed by atoms with Crippen molar-refractivity contribution in [2.75, 3.05) is 36.4 Å². The first-order valence-corrected chi connectivity index (χ1v) is 13.4. The van der Waals surface area contributed by atoms with Crippen molar-refractivity contribution in [3.8, 4) is 6.07 Å². The second-order valence-corrected chi connectivity index (χ2v) is 10.9. The topological polar surface area (TPSA) is 85.2 Å². The summed E-state index contributed by atoms with van der Waals surface area (Å²) in [5, 5.41) is 13.2. The van der Waals surface area contributed by atoms with E-state index in [9.17, 15) is 4.79 Å². The molecule has 3 heterocycles. The van der Waals surface area contributed by atoms with Gasteiger partial charge in [-0.3, -0.25) is 0 Å². The van der Waals surface area contributed by atoms with Gasteiger partial charge in [-0.15, -0.1) is 11.3 Å². The van der Waals surface area contributed by atoms with Crippen LogP contribution < -0.4 is 10.2 Å². The van der Waals surface area contributed by atoms with Gasteiger partial charge in [0, 0.05) is 42.7 Å². The van der Waals surface area contributed by atoms with Crippen LogP contribution in [0.5, 0.6) is 0 Å². The lowest BCUT2D eigenvalue weighted by Crippen LogP contribution is -2.50. The number of urea groups is 1. The van der Waals surface area contributed by atoms with Gasteiger partial charge in [-0.1, -0.05) is 20.8 Å². The summed E-state index contributed by atoms with van der Waals surface area (Å²) in [6.45, 7) is 9.48. The largest absolute Gasteiger partial charge is 0.352 e. The number of aromatic nitrogens is 2. The summed E-state index contributed by atoms with van der Waals surface area (Å²) < 4.78 is 0. The number of anilines is 2. The Morgan fingerprint density at radius 1 is 1.23 bits per heavy atom. The van der Waals surface area contributed by atoms with Crippen LogP contribution >= 0.6 is 11.3 Å². The summed E-state index contributed by atoms with van der Waals surface area (Å²) in [7, 11) is 0. The zero-order valence-corrected chi connectivity index (χ0v) is 21.5. The average Bonchev–Trinajstić information content (AvgIpc) is 3.25. The highest BCUT2D eigenvalue weighted by atomic mass is 32.1. The number of carbonyl (C=O) groups excluding carboxylic acids is 1. The number of rotatable bonds is 4. The number of piperazine rings is 1. The van der Waals surface area contributed by atoms with E-state index in [2.05, 4.69) is 37.1 Å². The molecule has 1 N–H and O–H groups in total. The number of benzene rings is 1. The predicted octanol–water partition coefficient (Wildman–Crippen LogP) is 5.56. The first-order chi connectivity index (χ1) is 17.0. The Bertz CT molecular complexity index is 1270. The minimum Gasteiger partial charge on any atom is -0.352 e. The molecule has 182 valence electrons. The fourth-order valence-electron chi connectivity index (χ4n) is 4.92. The highest BCUT2D eigenvalue weighted by Gasteiger charge is 2.29. The van der Waals surface area contributed by atoms with Crippen molar-refractivity contribution in [1.29, 1.82) is 5.26 Å². The molecule has 2 aliphatic rings. The molecule has 0 spiro atoms. The SMILES string of the molecule is CC[C@H](C)c1nc(N2CCN(C(=O)Nc3ccc(C#N)cc3)CC2)c2c3c(sc2n1)C[C@H](C)CC3. The molecule has 1 aromatic carbocycles. The average molecular weight is 489 g/mol. The summed E-state index contributed by atoms with van der Waals surface area (Å²) in [5.74, 6) is 3.03. The van der Waals surface area contributed by atoms with E-state index in [0.717, 1.165) is 54.7 Å². The molecule has 0 radical (unpaired) electrons. The molecule has 1 fully saturated rings. The molecule has 35 heavy (non-hydrogen) atoms. The highest BCUT2D eigenvalue weighted by molar-refractivity contribution is 7.19. The van der Waals surface area contributed by atoms with E-state index in [0.29, 0.717) is 30.3 Å². The van der Waals surface area contributed by atoms with Gasteiger partial charge in [-0.2, -0.15) is 5.26 Å². The van der Waals surface area contributed by atoms with Gasteiger partial charge in [0.25, 0.3) is 0 Å². The highest BCUT2D eigenvalue weighted by Crippen LogP contribution is 2.42. The summed E-state index contributed by atoms with van der Waals surface area (Å²) in [4.78, 5) is 29.8. The van der Waals surface area contributed by atoms with Gasteiger partial charge < -0.3 is 15.1 Å². The van der Waals surface area contributed by atoms with Crippen LogP contribution in [0.25, 0.3) is 10.2 Å². The van der Waals surface area contributed by atoms with Gasteiger partial charge >= 0.3 is 6.03 Å². The van der Waals surface area contributed by atoms with E-state index in [1.165, 1.54) is 22.2 Å². The van der Waals surface area contributed by atoms with Crippen LogP contribution in [0.3, 0.4) is 0 Å². The van der Waals surface area contributed by atoms with E-state index in [-0.39, 0.29) is 6.03 Å². The lowest BCUT2D eigenvalue weighted by molar-refractivity contribution is 0.208. The van der Waals surface area contributed by atoms with E-state index in [1.807, 2.05) is 16.2 Å². The first kappa shape index (κ1) is 23.6. The molecule has 1 saturated heterocycles. The number of nitriles is 1. The number of amides is 2. The van der Waals surface area contributed by atoms with Gasteiger partial charge in [-0.05, 0) is 61.4 Å². The van der Waals surface area contributed by atoms with Crippen molar-refractivity contribution in [3.05, 3.63) is 46.1 Å². The molecule has 0 unspecified atom stereocenters. The van der Waals surface area contributed by atoms with Crippen LogP contribution in [0.2, 0.25) is 0 Å². The van der Waals surface area contributed by atoms with E-state index >= 15 is 0 Å². The van der Waals surface area contributed by atoms with E-state index in [1.54, 1.807) is 24.3 Å². The fourth-order valence-corrected chi connectivity index (χ4v) is 6.31. The Labute approximate surface area is 210 Å². The molecule has 0 bridgehead atoms. The van der Waals surface area contributed by atoms with Crippen LogP contribution in [0.1, 0.15) is 61.4 Å². The maximum absolute atomic E-state index is 12.8. The molecule has 2 amide bonds. The van der Waals surface area contributed by atoms with Crippen molar-refractivity contribution < 1.29 is 4.79 Å². The van der Waals surface area contributed by atoms with Gasteiger partial charge in [0.2, 0.25) is 0 Å². The lowest BCUT2D eigenvalue weighted by atomic mass is 9.89. The lowest BCUT2D eigenvalue weighted by Gasteiger charge is -2.36. The number of aryl methyl sites for hydroxylation is 1. The Morgan fingerprint density at radius 2 is 1.97 bits per heavy atom. The maximum atomic E-state index is 12.8.